The standard InChI is InChI=1S/C23H43NO3/c1-5-6-7-8-9-10-11-12-13-14-15-16-17-18-22-21(24-20(2)25)19-26-23(3,4)27-22/h17-18,21-22H,5-16,19H2,1-4H3,(H,24,25)/b18-17+/t21-,22+/m0/s1. The van der Waals surface area contributed by atoms with E-state index in [1.54, 1.807) is 0 Å². The molecule has 0 unspecified atom stereocenters. The Kier molecular flexibility index (Phi) is 12.7. The Hall–Kier alpha value is -0.870. The average molecular weight is 382 g/mol. The van der Waals surface area contributed by atoms with Gasteiger partial charge >= 0.3 is 0 Å². The van der Waals surface area contributed by atoms with Gasteiger partial charge in [0, 0.05) is 6.92 Å². The Labute approximate surface area is 167 Å². The lowest BCUT2D eigenvalue weighted by Gasteiger charge is -2.40. The van der Waals surface area contributed by atoms with Crippen LogP contribution in [0.1, 0.15) is 105 Å². The molecule has 27 heavy (non-hydrogen) atoms. The summed E-state index contributed by atoms with van der Waals surface area (Å²) in [7, 11) is 0. The van der Waals surface area contributed by atoms with E-state index in [1.807, 2.05) is 13.8 Å². The minimum absolute atomic E-state index is 0.0457. The molecule has 0 aromatic carbocycles. The fourth-order valence-electron chi connectivity index (χ4n) is 3.54. The molecule has 1 N–H and O–H groups in total. The third kappa shape index (κ3) is 12.2. The van der Waals surface area contributed by atoms with Gasteiger partial charge in [0.1, 0.15) is 6.10 Å². The molecule has 0 saturated carbocycles. The molecular weight excluding hydrogens is 338 g/mol. The zero-order valence-electron chi connectivity index (χ0n) is 18.2. The summed E-state index contributed by atoms with van der Waals surface area (Å²) in [6.45, 7) is 8.13. The van der Waals surface area contributed by atoms with E-state index in [1.165, 1.54) is 77.6 Å². The first kappa shape index (κ1) is 24.2. The fourth-order valence-corrected chi connectivity index (χ4v) is 3.54. The van der Waals surface area contributed by atoms with Crippen molar-refractivity contribution < 1.29 is 14.3 Å². The Morgan fingerprint density at radius 1 is 1.00 bits per heavy atom. The Morgan fingerprint density at radius 2 is 1.56 bits per heavy atom. The number of nitrogens with one attached hydrogen (secondary N) is 1. The van der Waals surface area contributed by atoms with Gasteiger partial charge in [0.05, 0.1) is 12.6 Å². The normalized spacial score (nSPS) is 22.2. The van der Waals surface area contributed by atoms with E-state index >= 15 is 0 Å². The quantitative estimate of drug-likeness (QED) is 0.301. The molecule has 1 amide bonds. The molecule has 1 aliphatic rings. The van der Waals surface area contributed by atoms with Crippen molar-refractivity contribution in [1.82, 2.24) is 5.32 Å². The van der Waals surface area contributed by atoms with Crippen LogP contribution in [-0.2, 0) is 14.3 Å². The second kappa shape index (κ2) is 14.2. The van der Waals surface area contributed by atoms with Crippen LogP contribution in [0.15, 0.2) is 12.2 Å². The first-order valence-corrected chi connectivity index (χ1v) is 11.2. The maximum Gasteiger partial charge on any atom is 0.217 e. The second-order valence-corrected chi connectivity index (χ2v) is 8.35. The second-order valence-electron chi connectivity index (χ2n) is 8.35. The van der Waals surface area contributed by atoms with Crippen LogP contribution in [-0.4, -0.2) is 30.4 Å². The topological polar surface area (TPSA) is 47.6 Å². The molecule has 0 aliphatic carbocycles. The maximum absolute atomic E-state index is 11.4. The molecule has 0 radical (unpaired) electrons. The summed E-state index contributed by atoms with van der Waals surface area (Å²) in [5, 5.41) is 2.93. The van der Waals surface area contributed by atoms with E-state index < -0.39 is 5.79 Å². The first-order chi connectivity index (χ1) is 12.9. The number of carbonyl (C=O) groups excluding carboxylic acids is 1. The van der Waals surface area contributed by atoms with E-state index in [4.69, 9.17) is 9.47 Å². The third-order valence-electron chi connectivity index (χ3n) is 5.12. The number of allylic oxidation sites excluding steroid dienone is 1. The SMILES string of the molecule is CCCCCCCCCCCCC/C=C/[C@H]1OC(C)(C)OC[C@@H]1NC(C)=O. The Balaban J connectivity index is 2.09. The molecule has 2 atom stereocenters. The summed E-state index contributed by atoms with van der Waals surface area (Å²) in [5.74, 6) is -0.642. The predicted molar refractivity (Wildman–Crippen MR) is 113 cm³/mol. The molecule has 1 aliphatic heterocycles. The summed E-state index contributed by atoms with van der Waals surface area (Å²) in [6, 6.07) is -0.107. The number of hydrogen-bond acceptors (Lipinski definition) is 3. The molecule has 4 nitrogen and oxygen atoms in total. The van der Waals surface area contributed by atoms with Gasteiger partial charge in [0.2, 0.25) is 5.91 Å². The van der Waals surface area contributed by atoms with E-state index in [9.17, 15) is 4.79 Å². The highest BCUT2D eigenvalue weighted by molar-refractivity contribution is 5.73. The van der Waals surface area contributed by atoms with E-state index in [0.717, 1.165) is 6.42 Å². The van der Waals surface area contributed by atoms with Crippen LogP contribution in [0.4, 0.5) is 0 Å². The van der Waals surface area contributed by atoms with Crippen molar-refractivity contribution in [3.63, 3.8) is 0 Å². The Morgan fingerprint density at radius 3 is 2.11 bits per heavy atom. The molecule has 1 fully saturated rings. The lowest BCUT2D eigenvalue weighted by molar-refractivity contribution is -0.271. The van der Waals surface area contributed by atoms with Crippen molar-refractivity contribution in [2.24, 2.45) is 0 Å². The van der Waals surface area contributed by atoms with Crippen molar-refractivity contribution in [2.45, 2.75) is 123 Å². The highest BCUT2D eigenvalue weighted by Crippen LogP contribution is 2.23. The molecule has 0 bridgehead atoms. The van der Waals surface area contributed by atoms with Crippen LogP contribution in [0.5, 0.6) is 0 Å². The third-order valence-corrected chi connectivity index (χ3v) is 5.12. The van der Waals surface area contributed by atoms with Crippen LogP contribution in [0.3, 0.4) is 0 Å². The first-order valence-electron chi connectivity index (χ1n) is 11.2. The highest BCUT2D eigenvalue weighted by Gasteiger charge is 2.35. The van der Waals surface area contributed by atoms with Gasteiger partial charge in [-0.1, -0.05) is 83.3 Å². The smallest absolute Gasteiger partial charge is 0.217 e. The number of ether oxygens (including phenoxy) is 2. The summed E-state index contributed by atoms with van der Waals surface area (Å²) in [6.07, 6.45) is 20.3. The van der Waals surface area contributed by atoms with Crippen LogP contribution in [0, 0.1) is 0 Å². The molecular formula is C23H43NO3. The van der Waals surface area contributed by atoms with Crippen molar-refractivity contribution in [1.29, 1.82) is 0 Å². The van der Waals surface area contributed by atoms with Gasteiger partial charge in [-0.2, -0.15) is 0 Å². The van der Waals surface area contributed by atoms with Gasteiger partial charge in [-0.3, -0.25) is 4.79 Å². The number of rotatable bonds is 14. The van der Waals surface area contributed by atoms with Gasteiger partial charge < -0.3 is 14.8 Å². The van der Waals surface area contributed by atoms with Crippen molar-refractivity contribution >= 4 is 5.91 Å². The molecule has 0 aromatic rings. The van der Waals surface area contributed by atoms with Crippen LogP contribution >= 0.6 is 0 Å². The molecule has 0 aromatic heterocycles. The number of hydrogen-bond donors (Lipinski definition) is 1. The molecule has 158 valence electrons. The summed E-state index contributed by atoms with van der Waals surface area (Å²) in [4.78, 5) is 11.4. The molecule has 4 heteroatoms. The zero-order chi connectivity index (χ0) is 20.0. The van der Waals surface area contributed by atoms with Gasteiger partial charge in [0.15, 0.2) is 5.79 Å². The largest absolute Gasteiger partial charge is 0.348 e. The van der Waals surface area contributed by atoms with E-state index in [-0.39, 0.29) is 18.1 Å². The van der Waals surface area contributed by atoms with Crippen molar-refractivity contribution in [3.05, 3.63) is 12.2 Å². The molecule has 1 rings (SSSR count). The molecule has 0 spiro atoms. The fraction of sp³-hybridized carbons (Fsp3) is 0.870. The minimum Gasteiger partial charge on any atom is -0.348 e. The predicted octanol–water partition coefficient (Wildman–Crippen LogP) is 5.90. The lowest BCUT2D eigenvalue weighted by Crippen LogP contribution is -2.54. The maximum atomic E-state index is 11.4. The van der Waals surface area contributed by atoms with E-state index in [0.29, 0.717) is 6.61 Å². The zero-order valence-corrected chi connectivity index (χ0v) is 18.2. The van der Waals surface area contributed by atoms with E-state index in [2.05, 4.69) is 24.4 Å². The van der Waals surface area contributed by atoms with Crippen molar-refractivity contribution in [3.8, 4) is 0 Å². The van der Waals surface area contributed by atoms with Gasteiger partial charge in [-0.05, 0) is 26.7 Å². The monoisotopic (exact) mass is 381 g/mol. The van der Waals surface area contributed by atoms with Crippen molar-refractivity contribution in [2.75, 3.05) is 6.61 Å². The Bertz CT molecular complexity index is 420. The number of carbonyl (C=O) groups is 1. The minimum atomic E-state index is -0.597. The van der Waals surface area contributed by atoms with Crippen LogP contribution in [0.2, 0.25) is 0 Å². The average Bonchev–Trinajstić information content (AvgIpc) is 2.60. The number of unbranched alkanes of at least 4 members (excludes halogenated alkanes) is 11. The lowest BCUT2D eigenvalue weighted by atomic mass is 10.0. The summed E-state index contributed by atoms with van der Waals surface area (Å²) in [5.41, 5.74) is 0. The highest BCUT2D eigenvalue weighted by atomic mass is 16.7. The van der Waals surface area contributed by atoms with Crippen LogP contribution < -0.4 is 5.32 Å². The molecule has 1 heterocycles. The summed E-state index contributed by atoms with van der Waals surface area (Å²) < 4.78 is 11.6. The van der Waals surface area contributed by atoms with Gasteiger partial charge in [0.25, 0.3) is 0 Å². The molecule has 1 saturated heterocycles. The van der Waals surface area contributed by atoms with Gasteiger partial charge in [-0.25, -0.2) is 0 Å². The van der Waals surface area contributed by atoms with Gasteiger partial charge in [-0.15, -0.1) is 0 Å². The summed E-state index contributed by atoms with van der Waals surface area (Å²) >= 11 is 0. The number of amides is 1. The van der Waals surface area contributed by atoms with Crippen LogP contribution in [0.25, 0.3) is 0 Å².